The van der Waals surface area contributed by atoms with Crippen molar-refractivity contribution >= 4 is 11.7 Å². The zero-order chi connectivity index (χ0) is 9.84. The number of guanidine groups is 1. The number of rotatable bonds is 1. The van der Waals surface area contributed by atoms with Crippen molar-refractivity contribution in [1.82, 2.24) is 0 Å². The van der Waals surface area contributed by atoms with Gasteiger partial charge in [0.15, 0.2) is 0 Å². The van der Waals surface area contributed by atoms with Crippen LogP contribution < -0.4 is 11.5 Å². The summed E-state index contributed by atoms with van der Waals surface area (Å²) in [6.07, 6.45) is 3.50. The van der Waals surface area contributed by atoms with Gasteiger partial charge >= 0.3 is 0 Å². The maximum absolute atomic E-state index is 5.21. The summed E-state index contributed by atoms with van der Waals surface area (Å²) in [5.41, 5.74) is 11.6. The van der Waals surface area contributed by atoms with Gasteiger partial charge in [-0.15, -0.1) is 5.10 Å². The molecule has 2 unspecified atom stereocenters. The summed E-state index contributed by atoms with van der Waals surface area (Å²) in [4.78, 5) is 0. The van der Waals surface area contributed by atoms with Gasteiger partial charge in [-0.05, 0) is 31.1 Å². The van der Waals surface area contributed by atoms with E-state index in [-0.39, 0.29) is 5.96 Å². The van der Waals surface area contributed by atoms with Gasteiger partial charge in [0.2, 0.25) is 5.96 Å². The first-order valence-corrected chi connectivity index (χ1v) is 4.75. The summed E-state index contributed by atoms with van der Waals surface area (Å²) >= 11 is 0. The first kappa shape index (κ1) is 10.0. The third kappa shape index (κ3) is 3.05. The third-order valence-electron chi connectivity index (χ3n) is 2.51. The van der Waals surface area contributed by atoms with Gasteiger partial charge in [0, 0.05) is 5.71 Å². The van der Waals surface area contributed by atoms with E-state index >= 15 is 0 Å². The largest absolute Gasteiger partial charge is 0.369 e. The van der Waals surface area contributed by atoms with Crippen molar-refractivity contribution in [2.45, 2.75) is 33.1 Å². The predicted molar refractivity (Wildman–Crippen MR) is 55.4 cm³/mol. The van der Waals surface area contributed by atoms with E-state index < -0.39 is 0 Å². The molecule has 13 heavy (non-hydrogen) atoms. The maximum Gasteiger partial charge on any atom is 0.211 e. The lowest BCUT2D eigenvalue weighted by molar-refractivity contribution is 0.445. The van der Waals surface area contributed by atoms with Crippen molar-refractivity contribution in [3.63, 3.8) is 0 Å². The molecule has 1 rings (SSSR count). The molecule has 0 bridgehead atoms. The highest BCUT2D eigenvalue weighted by molar-refractivity contribution is 5.88. The van der Waals surface area contributed by atoms with Crippen molar-refractivity contribution in [2.24, 2.45) is 33.5 Å². The Kier molecular flexibility index (Phi) is 3.28. The Morgan fingerprint density at radius 2 is 2.00 bits per heavy atom. The quantitative estimate of drug-likeness (QED) is 0.361. The number of hydrogen-bond donors (Lipinski definition) is 2. The minimum Gasteiger partial charge on any atom is -0.369 e. The lowest BCUT2D eigenvalue weighted by Gasteiger charge is -2.24. The van der Waals surface area contributed by atoms with Gasteiger partial charge in [-0.2, -0.15) is 5.10 Å². The van der Waals surface area contributed by atoms with Crippen LogP contribution in [0.2, 0.25) is 0 Å². The van der Waals surface area contributed by atoms with E-state index in [0.29, 0.717) is 11.8 Å². The van der Waals surface area contributed by atoms with Gasteiger partial charge in [-0.3, -0.25) is 0 Å². The third-order valence-corrected chi connectivity index (χ3v) is 2.51. The molecule has 74 valence electrons. The summed E-state index contributed by atoms with van der Waals surface area (Å²) < 4.78 is 0. The molecule has 0 aromatic rings. The van der Waals surface area contributed by atoms with Crippen molar-refractivity contribution in [1.29, 1.82) is 0 Å². The van der Waals surface area contributed by atoms with E-state index in [1.807, 2.05) is 0 Å². The molecule has 0 aromatic heterocycles. The van der Waals surface area contributed by atoms with E-state index in [1.54, 1.807) is 0 Å². The Morgan fingerprint density at radius 3 is 2.62 bits per heavy atom. The van der Waals surface area contributed by atoms with Crippen LogP contribution in [0.3, 0.4) is 0 Å². The van der Waals surface area contributed by atoms with Crippen molar-refractivity contribution < 1.29 is 0 Å². The smallest absolute Gasteiger partial charge is 0.211 e. The van der Waals surface area contributed by atoms with Gasteiger partial charge in [0.25, 0.3) is 0 Å². The van der Waals surface area contributed by atoms with E-state index in [9.17, 15) is 0 Å². The molecule has 0 saturated heterocycles. The molecule has 1 fully saturated rings. The predicted octanol–water partition coefficient (Wildman–Crippen LogP) is 1.07. The molecule has 0 spiro atoms. The number of hydrogen-bond acceptors (Lipinski definition) is 2. The Balaban J connectivity index is 2.65. The highest BCUT2D eigenvalue weighted by atomic mass is 15.3. The first-order chi connectivity index (χ1) is 6.09. The topological polar surface area (TPSA) is 76.8 Å². The van der Waals surface area contributed by atoms with Crippen molar-refractivity contribution in [3.8, 4) is 0 Å². The number of nitrogens with zero attached hydrogens (tertiary/aromatic N) is 2. The lowest BCUT2D eigenvalue weighted by atomic mass is 9.82. The second kappa shape index (κ2) is 4.25. The zero-order valence-corrected chi connectivity index (χ0v) is 8.33. The Labute approximate surface area is 79.1 Å². The molecule has 0 heterocycles. The van der Waals surface area contributed by atoms with Gasteiger partial charge < -0.3 is 11.5 Å². The molecular formula is C9H18N4. The summed E-state index contributed by atoms with van der Waals surface area (Å²) in [6.45, 7) is 4.41. The summed E-state index contributed by atoms with van der Waals surface area (Å²) in [7, 11) is 0. The van der Waals surface area contributed by atoms with E-state index in [0.717, 1.165) is 12.1 Å². The lowest BCUT2D eigenvalue weighted by Crippen LogP contribution is -2.24. The van der Waals surface area contributed by atoms with Crippen LogP contribution in [0.1, 0.15) is 33.1 Å². The van der Waals surface area contributed by atoms with E-state index in [1.165, 1.54) is 12.8 Å². The Morgan fingerprint density at radius 1 is 1.31 bits per heavy atom. The van der Waals surface area contributed by atoms with Gasteiger partial charge in [0.1, 0.15) is 0 Å². The Bertz CT molecular complexity index is 228. The molecule has 0 aromatic carbocycles. The van der Waals surface area contributed by atoms with Gasteiger partial charge in [-0.1, -0.05) is 13.8 Å². The average Bonchev–Trinajstić information content (AvgIpc) is 2.06. The molecular weight excluding hydrogens is 164 g/mol. The molecule has 0 radical (unpaired) electrons. The van der Waals surface area contributed by atoms with Crippen LogP contribution in [0, 0.1) is 11.8 Å². The summed E-state index contributed by atoms with van der Waals surface area (Å²) in [5.74, 6) is 1.28. The molecule has 4 N–H and O–H groups in total. The van der Waals surface area contributed by atoms with Crippen LogP contribution in [0.25, 0.3) is 0 Å². The van der Waals surface area contributed by atoms with Crippen LogP contribution in [0.4, 0.5) is 0 Å². The molecule has 0 amide bonds. The van der Waals surface area contributed by atoms with Crippen LogP contribution >= 0.6 is 0 Å². The second-order valence-corrected chi connectivity index (χ2v) is 3.90. The minimum absolute atomic E-state index is 0.0397. The van der Waals surface area contributed by atoms with E-state index in [4.69, 9.17) is 11.5 Å². The minimum atomic E-state index is 0.0397. The first-order valence-electron chi connectivity index (χ1n) is 4.75. The zero-order valence-electron chi connectivity index (χ0n) is 8.33. The van der Waals surface area contributed by atoms with Gasteiger partial charge in [0.05, 0.1) is 0 Å². The maximum atomic E-state index is 5.21. The van der Waals surface area contributed by atoms with Crippen LogP contribution in [0.15, 0.2) is 10.2 Å². The van der Waals surface area contributed by atoms with E-state index in [2.05, 4.69) is 24.1 Å². The SMILES string of the molecule is CC1CCC(C)C(=NN=C(N)N)C1. The summed E-state index contributed by atoms with van der Waals surface area (Å²) in [5, 5.41) is 7.76. The fourth-order valence-electron chi connectivity index (χ4n) is 1.62. The van der Waals surface area contributed by atoms with Gasteiger partial charge in [-0.25, -0.2) is 0 Å². The molecule has 1 aliphatic carbocycles. The monoisotopic (exact) mass is 182 g/mol. The highest BCUT2D eigenvalue weighted by Crippen LogP contribution is 2.26. The van der Waals surface area contributed by atoms with Crippen molar-refractivity contribution in [3.05, 3.63) is 0 Å². The Hall–Kier alpha value is -1.06. The van der Waals surface area contributed by atoms with Crippen LogP contribution in [-0.4, -0.2) is 11.7 Å². The van der Waals surface area contributed by atoms with Crippen molar-refractivity contribution in [2.75, 3.05) is 0 Å². The molecule has 0 aliphatic heterocycles. The molecule has 2 atom stereocenters. The molecule has 4 nitrogen and oxygen atoms in total. The fourth-order valence-corrected chi connectivity index (χ4v) is 1.62. The highest BCUT2D eigenvalue weighted by Gasteiger charge is 2.20. The summed E-state index contributed by atoms with van der Waals surface area (Å²) in [6, 6.07) is 0. The molecule has 4 heteroatoms. The molecule has 1 aliphatic rings. The molecule has 1 saturated carbocycles. The normalized spacial score (nSPS) is 31.7. The number of nitrogens with two attached hydrogens (primary N) is 2. The average molecular weight is 182 g/mol. The van der Waals surface area contributed by atoms with Crippen LogP contribution in [-0.2, 0) is 0 Å². The standard InChI is InChI=1S/C9H18N4/c1-6-3-4-7(2)8(5-6)12-13-9(10)11/h6-7H,3-5H2,1-2H3,(H4,10,11,13). The van der Waals surface area contributed by atoms with Crippen LogP contribution in [0.5, 0.6) is 0 Å². The second-order valence-electron chi connectivity index (χ2n) is 3.90. The fraction of sp³-hybridized carbons (Fsp3) is 0.778.